The zero-order valence-electron chi connectivity index (χ0n) is 46.9. The maximum absolute atomic E-state index is 2.75. The molecule has 0 fully saturated rings. The average molecular weight is 988 g/mol. The Hall–Kier alpha value is -7.30. The highest BCUT2D eigenvalue weighted by molar-refractivity contribution is 7.01. The number of hydrogen-bond donors (Lipinski definition) is 0. The van der Waals surface area contributed by atoms with E-state index in [1.165, 1.54) is 145 Å². The molecule has 0 unspecified atom stereocenters. The molecule has 4 heteroatoms. The van der Waals surface area contributed by atoms with Gasteiger partial charge in [0.1, 0.15) is 0 Å². The summed E-state index contributed by atoms with van der Waals surface area (Å²) in [5.74, 6) is 0. The normalized spacial score (nSPS) is 16.0. The van der Waals surface area contributed by atoms with Crippen LogP contribution in [0.4, 0.5) is 34.1 Å². The molecule has 0 saturated carbocycles. The Kier molecular flexibility index (Phi) is 9.72. The van der Waals surface area contributed by atoms with Gasteiger partial charge in [-0.3, -0.25) is 0 Å². The molecule has 0 atom stereocenters. The second-order valence-electron chi connectivity index (χ2n) is 27.3. The minimum Gasteiger partial charge on any atom is -0.311 e. The van der Waals surface area contributed by atoms with Crippen LogP contribution >= 0.6 is 0 Å². The Labute approximate surface area is 450 Å². The minimum absolute atomic E-state index is 0.00485. The first-order valence-corrected chi connectivity index (χ1v) is 28.0. The van der Waals surface area contributed by atoms with Gasteiger partial charge < -0.3 is 14.2 Å². The lowest BCUT2D eigenvalue weighted by atomic mass is 9.33. The second-order valence-corrected chi connectivity index (χ2v) is 27.3. The topological polar surface area (TPSA) is 10.9 Å². The maximum Gasteiger partial charge on any atom is 0.252 e. The molecule has 0 amide bonds. The third-order valence-electron chi connectivity index (χ3n) is 18.4. The highest BCUT2D eigenvalue weighted by atomic mass is 15.2. The summed E-state index contributed by atoms with van der Waals surface area (Å²) in [6.07, 6.45) is 2.35. The Bertz CT molecular complexity index is 4240. The molecular weight excluding hydrogens is 918 g/mol. The first-order chi connectivity index (χ1) is 36.1. The molecular formula is C72H70BN3. The van der Waals surface area contributed by atoms with Gasteiger partial charge in [-0.25, -0.2) is 0 Å². The molecule has 2 aliphatic heterocycles. The number of fused-ring (bicyclic) bond motifs is 14. The van der Waals surface area contributed by atoms with Gasteiger partial charge in [0.15, 0.2) is 0 Å². The summed E-state index contributed by atoms with van der Waals surface area (Å²) >= 11 is 0. The summed E-state index contributed by atoms with van der Waals surface area (Å²) < 4.78 is 2.60. The van der Waals surface area contributed by atoms with Crippen molar-refractivity contribution in [1.82, 2.24) is 4.40 Å². The number of anilines is 6. The lowest BCUT2D eigenvalue weighted by Gasteiger charge is -2.46. The van der Waals surface area contributed by atoms with Gasteiger partial charge in [0.25, 0.3) is 6.71 Å². The molecule has 76 heavy (non-hydrogen) atoms. The van der Waals surface area contributed by atoms with Crippen molar-refractivity contribution >= 4 is 106 Å². The predicted octanol–water partition coefficient (Wildman–Crippen LogP) is 18.0. The SMILES string of the molecule is CC(C)(C)c1ccc(N2c3cc4ccccc4cc3B3c4cc(C(C)(C)C)ccc4N(c4ccc(C(C)(C)C)cc4-c4ccc5c(c4)C(C)(C)CCC5(C)C)c4c3c2c2c3ccccc3n3c5ccccc5c4c23)cc1. The fourth-order valence-electron chi connectivity index (χ4n) is 14.0. The summed E-state index contributed by atoms with van der Waals surface area (Å²) in [5, 5.41) is 7.68. The van der Waals surface area contributed by atoms with Crippen LogP contribution in [-0.2, 0) is 27.1 Å². The van der Waals surface area contributed by atoms with E-state index in [1.54, 1.807) is 0 Å². The maximum atomic E-state index is 2.75. The second kappa shape index (κ2) is 15.7. The van der Waals surface area contributed by atoms with Gasteiger partial charge in [0.05, 0.1) is 33.6 Å². The summed E-state index contributed by atoms with van der Waals surface area (Å²) in [6.45, 7) is 30.9. The van der Waals surface area contributed by atoms with Gasteiger partial charge in [-0.05, 0) is 149 Å². The molecule has 0 N–H and O–H groups in total. The third-order valence-corrected chi connectivity index (χ3v) is 18.4. The van der Waals surface area contributed by atoms with Crippen LogP contribution in [0.2, 0.25) is 0 Å². The van der Waals surface area contributed by atoms with Gasteiger partial charge in [-0.2, -0.15) is 0 Å². The van der Waals surface area contributed by atoms with E-state index in [-0.39, 0.29) is 33.8 Å². The summed E-state index contributed by atoms with van der Waals surface area (Å²) in [6, 6.07) is 64.5. The number of nitrogens with zero attached hydrogens (tertiary/aromatic N) is 3. The lowest BCUT2D eigenvalue weighted by Crippen LogP contribution is -2.61. The van der Waals surface area contributed by atoms with E-state index in [1.807, 2.05) is 0 Å². The molecule has 2 aromatic heterocycles. The molecule has 3 nitrogen and oxygen atoms in total. The van der Waals surface area contributed by atoms with Crippen molar-refractivity contribution in [3.63, 3.8) is 0 Å². The third kappa shape index (κ3) is 6.68. The molecule has 3 aliphatic rings. The van der Waals surface area contributed by atoms with Crippen LogP contribution in [0.25, 0.3) is 60.0 Å². The Morgan fingerprint density at radius 3 is 1.57 bits per heavy atom. The van der Waals surface area contributed by atoms with Crippen molar-refractivity contribution in [2.24, 2.45) is 0 Å². The van der Waals surface area contributed by atoms with Crippen molar-refractivity contribution in [1.29, 1.82) is 0 Å². The number of hydrogen-bond acceptors (Lipinski definition) is 2. The van der Waals surface area contributed by atoms with E-state index < -0.39 is 0 Å². The number of para-hydroxylation sites is 2. The van der Waals surface area contributed by atoms with Gasteiger partial charge in [-0.15, -0.1) is 0 Å². The average Bonchev–Trinajstić information content (AvgIpc) is 3.95. The minimum atomic E-state index is -0.0850. The van der Waals surface area contributed by atoms with Gasteiger partial charge in [-0.1, -0.05) is 205 Å². The van der Waals surface area contributed by atoms with Crippen LogP contribution in [0, 0.1) is 0 Å². The van der Waals surface area contributed by atoms with Gasteiger partial charge in [0.2, 0.25) is 0 Å². The predicted molar refractivity (Wildman–Crippen MR) is 329 cm³/mol. The molecule has 9 aromatic carbocycles. The van der Waals surface area contributed by atoms with Crippen LogP contribution in [-0.4, -0.2) is 11.1 Å². The highest BCUT2D eigenvalue weighted by Gasteiger charge is 2.48. The smallest absolute Gasteiger partial charge is 0.252 e. The summed E-state index contributed by atoms with van der Waals surface area (Å²) in [4.78, 5) is 5.43. The van der Waals surface area contributed by atoms with E-state index in [0.29, 0.717) is 0 Å². The number of aromatic nitrogens is 1. The van der Waals surface area contributed by atoms with E-state index in [0.717, 1.165) is 6.42 Å². The van der Waals surface area contributed by atoms with Crippen LogP contribution in [0.3, 0.4) is 0 Å². The molecule has 0 spiro atoms. The van der Waals surface area contributed by atoms with Crippen molar-refractivity contribution in [3.8, 4) is 11.1 Å². The van der Waals surface area contributed by atoms with Crippen molar-refractivity contribution < 1.29 is 0 Å². The van der Waals surface area contributed by atoms with Crippen LogP contribution in [0.15, 0.2) is 164 Å². The number of rotatable bonds is 3. The fourth-order valence-corrected chi connectivity index (χ4v) is 14.0. The lowest BCUT2D eigenvalue weighted by molar-refractivity contribution is 0.332. The van der Waals surface area contributed by atoms with Crippen LogP contribution in [0.1, 0.15) is 131 Å². The Balaban J connectivity index is 1.20. The van der Waals surface area contributed by atoms with Crippen LogP contribution in [0.5, 0.6) is 0 Å². The molecule has 1 aliphatic carbocycles. The molecule has 11 aromatic rings. The van der Waals surface area contributed by atoms with E-state index in [2.05, 4.69) is 268 Å². The molecule has 376 valence electrons. The monoisotopic (exact) mass is 988 g/mol. The molecule has 14 rings (SSSR count). The standard InChI is InChI=1S/C72H70BN3/c1-68(2,3)46-27-31-49(32-28-46)74-61-40-44-21-15-14-20-43(44)39-55(61)73-56-42-48(70(7,8)9)30-35-60(56)76(67-63-51-23-17-19-25-58(51)75-57-24-18-16-22-50(57)62(65(63)75)66(74)64(67)73)59-34-29-47(69(4,5)6)41-52(59)45-26-33-53-54(38-45)72(12,13)37-36-71(53,10)11/h14-35,38-42H,36-37H2,1-13H3. The largest absolute Gasteiger partial charge is 0.311 e. The quantitative estimate of drug-likeness (QED) is 0.163. The molecule has 0 saturated heterocycles. The van der Waals surface area contributed by atoms with Crippen molar-refractivity contribution in [2.45, 2.75) is 130 Å². The Morgan fingerprint density at radius 2 is 0.947 bits per heavy atom. The Morgan fingerprint density at radius 1 is 0.434 bits per heavy atom. The summed E-state index contributed by atoms with van der Waals surface area (Å²) in [7, 11) is 0. The molecule has 4 heterocycles. The van der Waals surface area contributed by atoms with E-state index in [4.69, 9.17) is 0 Å². The highest BCUT2D eigenvalue weighted by Crippen LogP contribution is 2.57. The first-order valence-electron chi connectivity index (χ1n) is 28.0. The van der Waals surface area contributed by atoms with E-state index >= 15 is 0 Å². The molecule has 0 radical (unpaired) electrons. The summed E-state index contributed by atoms with van der Waals surface area (Å²) in [5.41, 5.74) is 24.7. The van der Waals surface area contributed by atoms with Gasteiger partial charge in [0, 0.05) is 44.2 Å². The van der Waals surface area contributed by atoms with Crippen molar-refractivity contribution in [2.75, 3.05) is 9.80 Å². The molecule has 0 bridgehead atoms. The first kappa shape index (κ1) is 47.2. The van der Waals surface area contributed by atoms with Crippen molar-refractivity contribution in [3.05, 3.63) is 192 Å². The van der Waals surface area contributed by atoms with Crippen LogP contribution < -0.4 is 26.2 Å². The van der Waals surface area contributed by atoms with E-state index in [9.17, 15) is 0 Å². The van der Waals surface area contributed by atoms with Gasteiger partial charge >= 0.3 is 0 Å². The fraction of sp³-hybridized carbons (Fsp3) is 0.278. The zero-order chi connectivity index (χ0) is 52.7. The zero-order valence-corrected chi connectivity index (χ0v) is 46.9. The number of benzene rings is 9.